The first kappa shape index (κ1) is 20.5. The molecule has 1 N–H and O–H groups in total. The van der Waals surface area contributed by atoms with Gasteiger partial charge in [0.2, 0.25) is 18.0 Å². The molecule has 160 valence electrons. The summed E-state index contributed by atoms with van der Waals surface area (Å²) < 4.78 is 36.4. The van der Waals surface area contributed by atoms with Gasteiger partial charge in [-0.25, -0.2) is 9.37 Å². The number of pyridine rings is 1. The molecule has 3 aromatic heterocycles. The molecule has 1 aliphatic carbocycles. The van der Waals surface area contributed by atoms with Crippen molar-refractivity contribution < 1.29 is 22.8 Å². The average molecular weight is 427 g/mol. The minimum absolute atomic E-state index is 0.0109. The number of nitrogens with zero attached hydrogens (tertiary/aromatic N) is 4. The van der Waals surface area contributed by atoms with Crippen molar-refractivity contribution >= 4 is 17.2 Å². The molecule has 31 heavy (non-hydrogen) atoms. The number of fused-ring (bicyclic) bond motifs is 1. The zero-order valence-corrected chi connectivity index (χ0v) is 16.8. The van der Waals surface area contributed by atoms with Gasteiger partial charge in [0, 0.05) is 17.4 Å². The predicted octanol–water partition coefficient (Wildman–Crippen LogP) is 4.21. The number of alkyl halides is 1. The minimum Gasteiger partial charge on any atom is -0.493 e. The van der Waals surface area contributed by atoms with Crippen molar-refractivity contribution in [2.75, 3.05) is 12.4 Å². The van der Waals surface area contributed by atoms with E-state index in [1.807, 2.05) is 19.1 Å². The van der Waals surface area contributed by atoms with E-state index < -0.39 is 17.9 Å². The van der Waals surface area contributed by atoms with Crippen LogP contribution in [0.4, 0.5) is 14.5 Å². The third-order valence-corrected chi connectivity index (χ3v) is 4.65. The number of amides is 1. The lowest BCUT2D eigenvalue weighted by atomic mass is 10.1. The molecule has 1 aromatic carbocycles. The smallest absolute Gasteiger partial charge is 0.274 e. The van der Waals surface area contributed by atoms with E-state index in [9.17, 15) is 13.6 Å². The number of nitrogens with one attached hydrogen (secondary N) is 1. The fraction of sp³-hybridized carbons (Fsp3) is 0.238. The maximum atomic E-state index is 14.3. The third-order valence-electron chi connectivity index (χ3n) is 4.65. The molecule has 4 aromatic rings. The van der Waals surface area contributed by atoms with Crippen LogP contribution in [0.25, 0.3) is 17.0 Å². The van der Waals surface area contributed by atoms with Gasteiger partial charge >= 0.3 is 0 Å². The first-order valence-corrected chi connectivity index (χ1v) is 9.50. The van der Waals surface area contributed by atoms with Crippen molar-refractivity contribution in [1.82, 2.24) is 19.5 Å². The predicted molar refractivity (Wildman–Crippen MR) is 108 cm³/mol. The molecule has 1 amide bonds. The zero-order chi connectivity index (χ0) is 22.0. The molecule has 0 spiro atoms. The minimum atomic E-state index is -0.630. The quantitative estimate of drug-likeness (QED) is 0.524. The summed E-state index contributed by atoms with van der Waals surface area (Å²) in [5.41, 5.74) is 2.31. The summed E-state index contributed by atoms with van der Waals surface area (Å²) in [7, 11) is 1.37. The van der Waals surface area contributed by atoms with Crippen LogP contribution in [0.3, 0.4) is 0 Å². The lowest BCUT2D eigenvalue weighted by Crippen LogP contribution is -2.15. The van der Waals surface area contributed by atoms with Crippen LogP contribution in [-0.4, -0.2) is 38.7 Å². The van der Waals surface area contributed by atoms with E-state index in [-0.39, 0.29) is 17.1 Å². The van der Waals surface area contributed by atoms with E-state index in [4.69, 9.17) is 9.26 Å². The number of aryl methyl sites for hydroxylation is 1. The molecular weight excluding hydrogens is 408 g/mol. The van der Waals surface area contributed by atoms with Crippen LogP contribution in [0.2, 0.25) is 0 Å². The number of hydrogen-bond donors (Lipinski definition) is 1. The second kappa shape index (κ2) is 8.50. The standard InChI is InChI=1S/C18H14FN5O3.C3H5F/c1-10-3-4-11(16-21-9-27-23-16)7-12(10)22-18(25)13-8-20-17-15(19)14(26-2)5-6-24(13)17;4-3-1-2-3/h3-9H,1-2H3,(H,22,25);3H,1-2H2. The summed E-state index contributed by atoms with van der Waals surface area (Å²) in [6, 6.07) is 6.83. The number of rotatable bonds is 4. The number of anilines is 1. The van der Waals surface area contributed by atoms with Crippen LogP contribution < -0.4 is 10.1 Å². The summed E-state index contributed by atoms with van der Waals surface area (Å²) in [6.45, 7) is 1.86. The number of ether oxygens (including phenoxy) is 1. The maximum absolute atomic E-state index is 14.3. The summed E-state index contributed by atoms with van der Waals surface area (Å²) in [5.74, 6) is -0.590. The van der Waals surface area contributed by atoms with Gasteiger partial charge in [0.05, 0.1) is 13.3 Å². The number of methoxy groups -OCH3 is 1. The Hall–Kier alpha value is -3.82. The molecule has 0 bridgehead atoms. The van der Waals surface area contributed by atoms with Crippen LogP contribution in [0.15, 0.2) is 47.6 Å². The van der Waals surface area contributed by atoms with Gasteiger partial charge in [0.1, 0.15) is 11.9 Å². The highest BCUT2D eigenvalue weighted by Gasteiger charge is 2.19. The lowest BCUT2D eigenvalue weighted by Gasteiger charge is -2.10. The van der Waals surface area contributed by atoms with Gasteiger partial charge in [0.15, 0.2) is 11.4 Å². The number of carbonyl (C=O) groups is 1. The molecule has 3 heterocycles. The molecule has 0 aliphatic heterocycles. The average Bonchev–Trinajstić information content (AvgIpc) is 3.23. The van der Waals surface area contributed by atoms with Crippen LogP contribution in [-0.2, 0) is 0 Å². The molecule has 0 radical (unpaired) electrons. The summed E-state index contributed by atoms with van der Waals surface area (Å²) in [5, 5.41) is 6.60. The van der Waals surface area contributed by atoms with Crippen molar-refractivity contribution in [3.05, 3.63) is 60.1 Å². The van der Waals surface area contributed by atoms with Gasteiger partial charge in [-0.3, -0.25) is 9.20 Å². The first-order valence-electron chi connectivity index (χ1n) is 9.50. The largest absolute Gasteiger partial charge is 0.493 e. The highest BCUT2D eigenvalue weighted by molar-refractivity contribution is 6.04. The molecular formula is C21H19F2N5O3. The summed E-state index contributed by atoms with van der Waals surface area (Å²) >= 11 is 0. The maximum Gasteiger partial charge on any atom is 0.274 e. The van der Waals surface area contributed by atoms with Crippen LogP contribution in [0, 0.1) is 12.7 Å². The molecule has 1 fully saturated rings. The molecule has 0 atom stereocenters. The SMILES string of the molecule is COc1ccn2c(C(=O)Nc3cc(-c4ncon4)ccc3C)cnc2c1F.FC1CC1. The Kier molecular flexibility index (Phi) is 5.61. The number of imidazole rings is 1. The van der Waals surface area contributed by atoms with E-state index in [2.05, 4.69) is 20.4 Å². The number of halogens is 2. The molecule has 1 saturated carbocycles. The van der Waals surface area contributed by atoms with Gasteiger partial charge in [-0.2, -0.15) is 9.37 Å². The topological polar surface area (TPSA) is 94.6 Å². The zero-order valence-electron chi connectivity index (χ0n) is 16.8. The monoisotopic (exact) mass is 427 g/mol. The molecule has 8 nitrogen and oxygen atoms in total. The fourth-order valence-corrected chi connectivity index (χ4v) is 2.77. The Bertz CT molecular complexity index is 1220. The van der Waals surface area contributed by atoms with Gasteiger partial charge < -0.3 is 14.6 Å². The Morgan fingerprint density at radius 1 is 1.29 bits per heavy atom. The number of benzene rings is 1. The van der Waals surface area contributed by atoms with Gasteiger partial charge in [0.25, 0.3) is 5.91 Å². The number of aromatic nitrogens is 4. The Morgan fingerprint density at radius 3 is 2.71 bits per heavy atom. The second-order valence-corrected chi connectivity index (χ2v) is 6.95. The Balaban J connectivity index is 0.000000520. The summed E-state index contributed by atoms with van der Waals surface area (Å²) in [6.07, 6.45) is 5.29. The molecule has 5 rings (SSSR count). The van der Waals surface area contributed by atoms with E-state index in [0.29, 0.717) is 17.1 Å². The first-order chi connectivity index (χ1) is 15.0. The van der Waals surface area contributed by atoms with Gasteiger partial charge in [-0.1, -0.05) is 17.3 Å². The van der Waals surface area contributed by atoms with Crippen molar-refractivity contribution in [3.63, 3.8) is 0 Å². The Morgan fingerprint density at radius 2 is 2.06 bits per heavy atom. The third kappa shape index (κ3) is 4.37. The second-order valence-electron chi connectivity index (χ2n) is 6.95. The molecule has 10 heteroatoms. The van der Waals surface area contributed by atoms with Crippen molar-refractivity contribution in [2.45, 2.75) is 25.9 Å². The fourth-order valence-electron chi connectivity index (χ4n) is 2.77. The van der Waals surface area contributed by atoms with E-state index in [1.165, 1.54) is 36.4 Å². The van der Waals surface area contributed by atoms with Crippen molar-refractivity contribution in [1.29, 1.82) is 0 Å². The van der Waals surface area contributed by atoms with E-state index in [1.54, 1.807) is 6.07 Å². The molecule has 0 saturated heterocycles. The van der Waals surface area contributed by atoms with Crippen LogP contribution >= 0.6 is 0 Å². The van der Waals surface area contributed by atoms with Crippen molar-refractivity contribution in [2.24, 2.45) is 0 Å². The molecule has 0 unspecified atom stereocenters. The van der Waals surface area contributed by atoms with E-state index >= 15 is 0 Å². The van der Waals surface area contributed by atoms with Crippen molar-refractivity contribution in [3.8, 4) is 17.1 Å². The van der Waals surface area contributed by atoms with Crippen LogP contribution in [0.5, 0.6) is 5.75 Å². The number of carbonyl (C=O) groups excluding carboxylic acids is 1. The lowest BCUT2D eigenvalue weighted by molar-refractivity contribution is 0.102. The molecule has 1 aliphatic rings. The highest BCUT2D eigenvalue weighted by atomic mass is 19.1. The van der Waals surface area contributed by atoms with E-state index in [0.717, 1.165) is 18.4 Å². The number of hydrogen-bond acceptors (Lipinski definition) is 6. The van der Waals surface area contributed by atoms with Gasteiger partial charge in [-0.05, 0) is 37.5 Å². The normalized spacial score (nSPS) is 12.9. The Labute approximate surface area is 175 Å². The van der Waals surface area contributed by atoms with Crippen LogP contribution in [0.1, 0.15) is 28.9 Å². The van der Waals surface area contributed by atoms with Gasteiger partial charge in [-0.15, -0.1) is 0 Å². The summed E-state index contributed by atoms with van der Waals surface area (Å²) in [4.78, 5) is 20.7. The highest BCUT2D eigenvalue weighted by Crippen LogP contribution is 2.25.